The van der Waals surface area contributed by atoms with Gasteiger partial charge in [0.25, 0.3) is 0 Å². The van der Waals surface area contributed by atoms with Crippen molar-refractivity contribution in [2.75, 3.05) is 18.1 Å². The van der Waals surface area contributed by atoms with E-state index in [9.17, 15) is 9.90 Å². The van der Waals surface area contributed by atoms with E-state index >= 15 is 4.39 Å². The van der Waals surface area contributed by atoms with Crippen molar-refractivity contribution in [2.24, 2.45) is 5.73 Å². The number of nitrogens with two attached hydrogens (primary N) is 1. The van der Waals surface area contributed by atoms with Gasteiger partial charge in [-0.05, 0) is 25.8 Å². The van der Waals surface area contributed by atoms with Crippen molar-refractivity contribution in [2.45, 2.75) is 31.8 Å². The fourth-order valence-corrected chi connectivity index (χ4v) is 4.32. The van der Waals surface area contributed by atoms with Crippen LogP contribution in [0.5, 0.6) is 5.75 Å². The van der Waals surface area contributed by atoms with Crippen molar-refractivity contribution < 1.29 is 19.0 Å². The van der Waals surface area contributed by atoms with Crippen LogP contribution in [-0.2, 0) is 4.74 Å². The maximum atomic E-state index is 15.1. The fraction of sp³-hybridized carbons (Fsp3) is 0.368. The van der Waals surface area contributed by atoms with Crippen LogP contribution in [0.25, 0.3) is 17.0 Å². The number of aromatic nitrogens is 1. The predicted molar refractivity (Wildman–Crippen MR) is 104 cm³/mol. The van der Waals surface area contributed by atoms with E-state index < -0.39 is 11.8 Å². The second-order valence-electron chi connectivity index (χ2n) is 6.88. The summed E-state index contributed by atoms with van der Waals surface area (Å²) < 4.78 is 20.1. The molecular formula is C19H20FN3O3S. The highest BCUT2D eigenvalue weighted by atomic mass is 32.1. The summed E-state index contributed by atoms with van der Waals surface area (Å²) in [5.74, 6) is -1.59. The Morgan fingerprint density at radius 3 is 3.07 bits per heavy atom. The smallest absolute Gasteiger partial charge is 0.344 e. The van der Waals surface area contributed by atoms with Crippen LogP contribution in [0.4, 0.5) is 10.1 Å². The zero-order valence-electron chi connectivity index (χ0n) is 14.8. The molecule has 0 unspecified atom stereocenters. The first-order chi connectivity index (χ1) is 12.9. The van der Waals surface area contributed by atoms with Gasteiger partial charge in [0.1, 0.15) is 21.8 Å². The van der Waals surface area contributed by atoms with Crippen molar-refractivity contribution in [1.82, 2.24) is 4.98 Å². The highest BCUT2D eigenvalue weighted by Crippen LogP contribution is 2.41. The first-order valence-corrected chi connectivity index (χ1v) is 9.30. The number of carbonyl (C=O) groups excluding carboxylic acids is 1. The first-order valence-electron chi connectivity index (χ1n) is 8.89. The van der Waals surface area contributed by atoms with Gasteiger partial charge in [-0.2, -0.15) is 0 Å². The quantitative estimate of drug-likeness (QED) is 0.540. The number of benzene rings is 1. The normalized spacial score (nSPS) is 21.1. The third kappa shape index (κ3) is 2.80. The van der Waals surface area contributed by atoms with Crippen LogP contribution in [0.15, 0.2) is 12.1 Å². The zero-order valence-corrected chi connectivity index (χ0v) is 15.6. The largest absolute Gasteiger partial charge is 0.506 e. The van der Waals surface area contributed by atoms with Gasteiger partial charge in [-0.15, -0.1) is 0 Å². The van der Waals surface area contributed by atoms with Gasteiger partial charge in [0.15, 0.2) is 0 Å². The molecule has 8 heteroatoms. The Hall–Kier alpha value is -2.45. The summed E-state index contributed by atoms with van der Waals surface area (Å²) in [5, 5.41) is 10.8. The molecule has 0 bridgehead atoms. The summed E-state index contributed by atoms with van der Waals surface area (Å²) in [6, 6.07) is 1.36. The summed E-state index contributed by atoms with van der Waals surface area (Å²) in [6.45, 7) is 2.36. The molecule has 3 heterocycles. The predicted octanol–water partition coefficient (Wildman–Crippen LogP) is 3.24. The van der Waals surface area contributed by atoms with Crippen LogP contribution in [0.3, 0.4) is 0 Å². The van der Waals surface area contributed by atoms with Gasteiger partial charge in [0, 0.05) is 29.6 Å². The minimum Gasteiger partial charge on any atom is -0.506 e. The highest BCUT2D eigenvalue weighted by Gasteiger charge is 2.34. The summed E-state index contributed by atoms with van der Waals surface area (Å²) in [4.78, 5) is 17.1. The highest BCUT2D eigenvalue weighted by molar-refractivity contribution is 7.71. The Bertz CT molecular complexity index is 1030. The SMILES string of the molecule is CCOC(=O)c1c(O)c2cc(F)c3c(c2[nH]c1=S)C=CC[C@@H]1C[C@H](N)CN31. The van der Waals surface area contributed by atoms with Gasteiger partial charge in [-0.1, -0.05) is 24.4 Å². The number of nitrogens with zero attached hydrogens (tertiary/aromatic N) is 1. The number of carbonyl (C=O) groups is 1. The average molecular weight is 389 g/mol. The van der Waals surface area contributed by atoms with Crippen LogP contribution in [0, 0.1) is 10.5 Å². The van der Waals surface area contributed by atoms with Gasteiger partial charge >= 0.3 is 5.97 Å². The monoisotopic (exact) mass is 389 g/mol. The van der Waals surface area contributed by atoms with Crippen LogP contribution < -0.4 is 10.6 Å². The Labute approximate surface area is 160 Å². The van der Waals surface area contributed by atoms with Crippen molar-refractivity contribution in [3.05, 3.63) is 33.7 Å². The second-order valence-corrected chi connectivity index (χ2v) is 7.29. The molecule has 2 aromatic rings. The molecule has 1 saturated heterocycles. The molecule has 27 heavy (non-hydrogen) atoms. The molecule has 1 aromatic heterocycles. The fourth-order valence-electron chi connectivity index (χ4n) is 4.04. The molecule has 2 aliphatic heterocycles. The molecule has 142 valence electrons. The number of pyridine rings is 1. The second kappa shape index (κ2) is 6.61. The average Bonchev–Trinajstić information content (AvgIpc) is 2.87. The third-order valence-corrected chi connectivity index (χ3v) is 5.46. The lowest BCUT2D eigenvalue weighted by Crippen LogP contribution is -2.31. The number of hydrogen-bond donors (Lipinski definition) is 3. The number of halogens is 1. The Balaban J connectivity index is 1.99. The van der Waals surface area contributed by atoms with Gasteiger partial charge in [-0.25, -0.2) is 9.18 Å². The molecule has 0 saturated carbocycles. The molecule has 1 fully saturated rings. The molecule has 4 N–H and O–H groups in total. The summed E-state index contributed by atoms with van der Waals surface area (Å²) in [7, 11) is 0. The first kappa shape index (κ1) is 17.9. The van der Waals surface area contributed by atoms with Crippen LogP contribution in [0.2, 0.25) is 0 Å². The zero-order chi connectivity index (χ0) is 19.3. The molecule has 6 nitrogen and oxygen atoms in total. The van der Waals surface area contributed by atoms with Gasteiger partial charge in [0.2, 0.25) is 0 Å². The number of anilines is 1. The van der Waals surface area contributed by atoms with Crippen molar-refractivity contribution >= 4 is 40.9 Å². The van der Waals surface area contributed by atoms with Gasteiger partial charge in [0.05, 0.1) is 17.8 Å². The van der Waals surface area contributed by atoms with Crippen molar-refractivity contribution in [1.29, 1.82) is 0 Å². The number of H-pyrrole nitrogens is 1. The Kier molecular flexibility index (Phi) is 4.39. The molecule has 1 aromatic carbocycles. The van der Waals surface area contributed by atoms with Crippen molar-refractivity contribution in [3.8, 4) is 5.75 Å². The van der Waals surface area contributed by atoms with E-state index in [1.807, 2.05) is 17.1 Å². The van der Waals surface area contributed by atoms with Crippen LogP contribution in [-0.4, -0.2) is 41.3 Å². The Morgan fingerprint density at radius 1 is 1.56 bits per heavy atom. The van der Waals surface area contributed by atoms with Gasteiger partial charge < -0.3 is 25.5 Å². The van der Waals surface area contributed by atoms with E-state index in [4.69, 9.17) is 22.7 Å². The van der Waals surface area contributed by atoms with E-state index in [1.54, 1.807) is 6.92 Å². The molecular weight excluding hydrogens is 369 g/mol. The standard InChI is InChI=1S/C19H20FN3O3S/c1-2-26-19(25)14-17(24)12-7-13(20)16-11(15(12)22-18(14)27)5-3-4-10-6-9(21)8-23(10)16/h3,5,7,9-10H,2,4,6,8,21H2,1H3,(H2,22,24,27)/t9-,10+/m0/s1. The summed E-state index contributed by atoms with van der Waals surface area (Å²) in [5.41, 5.74) is 7.46. The maximum absolute atomic E-state index is 15.1. The molecule has 2 atom stereocenters. The molecule has 4 rings (SSSR count). The number of nitrogens with one attached hydrogen (secondary N) is 1. The van der Waals surface area contributed by atoms with Crippen LogP contribution >= 0.6 is 12.2 Å². The number of aromatic hydroxyl groups is 1. The van der Waals surface area contributed by atoms with Gasteiger partial charge in [-0.3, -0.25) is 0 Å². The lowest BCUT2D eigenvalue weighted by molar-refractivity contribution is 0.0522. The number of hydrogen-bond acceptors (Lipinski definition) is 6. The summed E-state index contributed by atoms with van der Waals surface area (Å²) >= 11 is 5.27. The molecule has 2 aliphatic rings. The molecule has 0 radical (unpaired) electrons. The molecule has 0 amide bonds. The topological polar surface area (TPSA) is 91.6 Å². The molecule has 0 spiro atoms. The van der Waals surface area contributed by atoms with E-state index in [2.05, 4.69) is 4.98 Å². The van der Waals surface area contributed by atoms with E-state index in [1.165, 1.54) is 6.07 Å². The number of ether oxygens (including phenoxy) is 1. The number of rotatable bonds is 2. The maximum Gasteiger partial charge on any atom is 0.344 e. The van der Waals surface area contributed by atoms with Crippen LogP contribution in [0.1, 0.15) is 35.7 Å². The number of esters is 1. The minimum atomic E-state index is -0.741. The minimum absolute atomic E-state index is 0.0115. The van der Waals surface area contributed by atoms with E-state index in [0.717, 1.165) is 12.8 Å². The lowest BCUT2D eigenvalue weighted by Gasteiger charge is -2.27. The van der Waals surface area contributed by atoms with E-state index in [0.29, 0.717) is 23.3 Å². The Morgan fingerprint density at radius 2 is 2.33 bits per heavy atom. The van der Waals surface area contributed by atoms with E-state index in [-0.39, 0.29) is 40.0 Å². The number of fused-ring (bicyclic) bond motifs is 5. The summed E-state index contributed by atoms with van der Waals surface area (Å²) in [6.07, 6.45) is 5.37. The van der Waals surface area contributed by atoms with Crippen molar-refractivity contribution in [3.63, 3.8) is 0 Å². The lowest BCUT2D eigenvalue weighted by atomic mass is 10.0. The number of aromatic amines is 1. The molecule has 0 aliphatic carbocycles. The third-order valence-electron chi connectivity index (χ3n) is 5.15.